The van der Waals surface area contributed by atoms with Gasteiger partial charge in [-0.05, 0) is 23.8 Å². The first-order chi connectivity index (χ1) is 9.41. The monoisotopic (exact) mass is 274 g/mol. The highest BCUT2D eigenvalue weighted by atomic mass is 16.2. The van der Waals surface area contributed by atoms with Gasteiger partial charge in [-0.25, -0.2) is 0 Å². The van der Waals surface area contributed by atoms with Gasteiger partial charge in [-0.15, -0.1) is 0 Å². The number of amides is 1. The maximum atomic E-state index is 12.6. The molecule has 0 spiro atoms. The van der Waals surface area contributed by atoms with Crippen molar-refractivity contribution in [2.75, 3.05) is 13.1 Å². The van der Waals surface area contributed by atoms with Crippen molar-refractivity contribution >= 4 is 5.91 Å². The molecule has 3 nitrogen and oxygen atoms in total. The maximum Gasteiger partial charge on any atom is 0.227 e. The number of piperidine rings is 1. The Morgan fingerprint density at radius 2 is 1.75 bits per heavy atom. The van der Waals surface area contributed by atoms with Crippen molar-refractivity contribution in [2.45, 2.75) is 39.7 Å². The third-order valence-corrected chi connectivity index (χ3v) is 4.54. The lowest BCUT2D eigenvalue weighted by molar-refractivity contribution is -0.137. The lowest BCUT2D eigenvalue weighted by atomic mass is 9.82. The molecule has 0 aliphatic carbocycles. The Bertz CT molecular complexity index is 445. The third-order valence-electron chi connectivity index (χ3n) is 4.54. The van der Waals surface area contributed by atoms with Gasteiger partial charge >= 0.3 is 0 Å². The second-order valence-corrected chi connectivity index (χ2v) is 6.71. The molecule has 0 saturated carbocycles. The molecule has 0 aromatic heterocycles. The van der Waals surface area contributed by atoms with E-state index in [1.807, 2.05) is 42.2 Å². The van der Waals surface area contributed by atoms with Crippen molar-refractivity contribution in [2.24, 2.45) is 17.1 Å². The first-order valence-electron chi connectivity index (χ1n) is 7.50. The number of benzene rings is 1. The fraction of sp³-hybridized carbons (Fsp3) is 0.588. The second kappa shape index (κ2) is 5.96. The number of carbonyl (C=O) groups is 1. The fourth-order valence-corrected chi connectivity index (χ4v) is 2.74. The summed E-state index contributed by atoms with van der Waals surface area (Å²) in [6, 6.07) is 9.67. The quantitative estimate of drug-likeness (QED) is 0.921. The molecule has 1 saturated heterocycles. The van der Waals surface area contributed by atoms with E-state index in [0.717, 1.165) is 31.5 Å². The topological polar surface area (TPSA) is 46.3 Å². The van der Waals surface area contributed by atoms with Crippen LogP contribution >= 0.6 is 0 Å². The normalized spacial score (nSPS) is 21.3. The minimum absolute atomic E-state index is 0.168. The van der Waals surface area contributed by atoms with Gasteiger partial charge < -0.3 is 10.6 Å². The smallest absolute Gasteiger partial charge is 0.227 e. The number of likely N-dealkylation sites (tertiary alicyclic amines) is 1. The predicted molar refractivity (Wildman–Crippen MR) is 82.1 cm³/mol. The van der Waals surface area contributed by atoms with Crippen LogP contribution in [0.4, 0.5) is 0 Å². The van der Waals surface area contributed by atoms with Crippen LogP contribution in [0.2, 0.25) is 0 Å². The van der Waals surface area contributed by atoms with Gasteiger partial charge in [0.1, 0.15) is 0 Å². The molecule has 3 heteroatoms. The largest absolute Gasteiger partial charge is 0.342 e. The average Bonchev–Trinajstić information content (AvgIpc) is 2.46. The van der Waals surface area contributed by atoms with Crippen molar-refractivity contribution in [1.82, 2.24) is 4.90 Å². The zero-order valence-corrected chi connectivity index (χ0v) is 12.8. The van der Waals surface area contributed by atoms with Gasteiger partial charge in [0.15, 0.2) is 0 Å². The molecular formula is C17H26N2O. The summed E-state index contributed by atoms with van der Waals surface area (Å²) in [5.41, 5.74) is 7.65. The summed E-state index contributed by atoms with van der Waals surface area (Å²) in [7, 11) is 0. The minimum atomic E-state index is -0.223. The number of hydrogen-bond donors (Lipinski definition) is 1. The molecule has 1 aromatic rings. The van der Waals surface area contributed by atoms with Crippen molar-refractivity contribution in [1.29, 1.82) is 0 Å². The third kappa shape index (κ3) is 3.40. The molecule has 1 heterocycles. The Balaban J connectivity index is 1.99. The summed E-state index contributed by atoms with van der Waals surface area (Å²) < 4.78 is 0. The number of rotatable bonds is 3. The van der Waals surface area contributed by atoms with Crippen molar-refractivity contribution in [3.63, 3.8) is 0 Å². The summed E-state index contributed by atoms with van der Waals surface area (Å²) in [4.78, 5) is 14.6. The molecule has 1 amide bonds. The molecule has 2 unspecified atom stereocenters. The van der Waals surface area contributed by atoms with Crippen LogP contribution in [-0.2, 0) is 4.79 Å². The lowest BCUT2D eigenvalue weighted by Gasteiger charge is -2.38. The second-order valence-electron chi connectivity index (χ2n) is 6.71. The summed E-state index contributed by atoms with van der Waals surface area (Å²) in [5.74, 6) is 0.0236. The zero-order chi connectivity index (χ0) is 14.8. The van der Waals surface area contributed by atoms with Gasteiger partial charge in [0.25, 0.3) is 0 Å². The molecule has 1 fully saturated rings. The number of carbonyl (C=O) groups excluding carboxylic acids is 1. The van der Waals surface area contributed by atoms with Crippen LogP contribution in [0.5, 0.6) is 0 Å². The summed E-state index contributed by atoms with van der Waals surface area (Å²) in [6.45, 7) is 8.21. The number of nitrogens with two attached hydrogens (primary N) is 1. The van der Waals surface area contributed by atoms with Crippen LogP contribution in [0.25, 0.3) is 0 Å². The van der Waals surface area contributed by atoms with E-state index in [1.165, 1.54) is 0 Å². The van der Waals surface area contributed by atoms with E-state index < -0.39 is 0 Å². The molecule has 110 valence electrons. The molecule has 1 aliphatic rings. The molecule has 0 radical (unpaired) electrons. The van der Waals surface area contributed by atoms with Crippen LogP contribution < -0.4 is 5.73 Å². The highest BCUT2D eigenvalue weighted by molar-refractivity contribution is 5.79. The molecule has 0 bridgehead atoms. The fourth-order valence-electron chi connectivity index (χ4n) is 2.74. The van der Waals surface area contributed by atoms with Crippen LogP contribution in [0.3, 0.4) is 0 Å². The van der Waals surface area contributed by atoms with E-state index in [4.69, 9.17) is 5.73 Å². The highest BCUT2D eigenvalue weighted by Gasteiger charge is 2.32. The van der Waals surface area contributed by atoms with Gasteiger partial charge in [0, 0.05) is 19.1 Å². The first-order valence-corrected chi connectivity index (χ1v) is 7.50. The van der Waals surface area contributed by atoms with Gasteiger partial charge in [0.05, 0.1) is 5.92 Å². The predicted octanol–water partition coefficient (Wildman–Crippen LogP) is 2.97. The SMILES string of the molecule is CC(C(=O)N1CCC(C)(C)CC1)C(N)c1ccccc1. The molecular weight excluding hydrogens is 248 g/mol. The standard InChI is InChI=1S/C17H26N2O/c1-13(15(18)14-7-5-4-6-8-14)16(20)19-11-9-17(2,3)10-12-19/h4-8,13,15H,9-12,18H2,1-3H3. The Kier molecular flexibility index (Phi) is 4.48. The van der Waals surface area contributed by atoms with Crippen LogP contribution in [0.15, 0.2) is 30.3 Å². The van der Waals surface area contributed by atoms with Gasteiger partial charge in [0.2, 0.25) is 5.91 Å². The van der Waals surface area contributed by atoms with E-state index in [9.17, 15) is 4.79 Å². The van der Waals surface area contributed by atoms with Crippen molar-refractivity contribution in [3.05, 3.63) is 35.9 Å². The lowest BCUT2D eigenvalue weighted by Crippen LogP contribution is -2.45. The first kappa shape index (κ1) is 15.0. The molecule has 2 rings (SSSR count). The van der Waals surface area contributed by atoms with Gasteiger partial charge in [-0.2, -0.15) is 0 Å². The highest BCUT2D eigenvalue weighted by Crippen LogP contribution is 2.31. The molecule has 2 atom stereocenters. The van der Waals surface area contributed by atoms with Gasteiger partial charge in [-0.1, -0.05) is 51.1 Å². The Labute approximate surface area is 122 Å². The molecule has 1 aromatic carbocycles. The van der Waals surface area contributed by atoms with E-state index in [2.05, 4.69) is 13.8 Å². The summed E-state index contributed by atoms with van der Waals surface area (Å²) in [6.07, 6.45) is 2.15. The van der Waals surface area contributed by atoms with Crippen molar-refractivity contribution in [3.8, 4) is 0 Å². The van der Waals surface area contributed by atoms with E-state index >= 15 is 0 Å². The van der Waals surface area contributed by atoms with E-state index in [0.29, 0.717) is 5.41 Å². The van der Waals surface area contributed by atoms with Crippen LogP contribution in [0, 0.1) is 11.3 Å². The van der Waals surface area contributed by atoms with E-state index in [1.54, 1.807) is 0 Å². The summed E-state index contributed by atoms with van der Waals surface area (Å²) >= 11 is 0. The van der Waals surface area contributed by atoms with Crippen LogP contribution in [0.1, 0.15) is 45.2 Å². The molecule has 1 aliphatic heterocycles. The van der Waals surface area contributed by atoms with E-state index in [-0.39, 0.29) is 17.9 Å². The average molecular weight is 274 g/mol. The van der Waals surface area contributed by atoms with Crippen molar-refractivity contribution < 1.29 is 4.79 Å². The number of hydrogen-bond acceptors (Lipinski definition) is 2. The minimum Gasteiger partial charge on any atom is -0.342 e. The zero-order valence-electron chi connectivity index (χ0n) is 12.8. The number of nitrogens with zero attached hydrogens (tertiary/aromatic N) is 1. The Morgan fingerprint density at radius 3 is 2.30 bits per heavy atom. The molecule has 2 N–H and O–H groups in total. The maximum absolute atomic E-state index is 12.6. The Morgan fingerprint density at radius 1 is 1.20 bits per heavy atom. The van der Waals surface area contributed by atoms with Gasteiger partial charge in [-0.3, -0.25) is 4.79 Å². The van der Waals surface area contributed by atoms with Crippen LogP contribution in [-0.4, -0.2) is 23.9 Å². The summed E-state index contributed by atoms with van der Waals surface area (Å²) in [5, 5.41) is 0. The molecule has 20 heavy (non-hydrogen) atoms. The Hall–Kier alpha value is -1.35.